The first-order valence-electron chi connectivity index (χ1n) is 7.64. The van der Waals surface area contributed by atoms with Gasteiger partial charge in [0.2, 0.25) is 5.82 Å². The van der Waals surface area contributed by atoms with Gasteiger partial charge >= 0.3 is 5.97 Å². The number of para-hydroxylation sites is 1. The van der Waals surface area contributed by atoms with Crippen LogP contribution in [0.1, 0.15) is 13.3 Å². The molecule has 1 aliphatic heterocycles. The number of ether oxygens (including phenoxy) is 1. The van der Waals surface area contributed by atoms with E-state index in [0.717, 1.165) is 5.69 Å². The number of esters is 1. The minimum absolute atomic E-state index is 0.0624. The SMILES string of the molecule is CC1CC(Sc2nnc(-c3ccco3)n2-c2ccccc2)C(=O)O1. The van der Waals surface area contributed by atoms with Crippen LogP contribution >= 0.6 is 11.8 Å². The molecule has 2 atom stereocenters. The molecule has 2 aromatic heterocycles. The number of nitrogens with zero attached hydrogens (tertiary/aromatic N) is 3. The van der Waals surface area contributed by atoms with E-state index in [2.05, 4.69) is 10.2 Å². The molecule has 2 unspecified atom stereocenters. The number of hydrogen-bond acceptors (Lipinski definition) is 6. The topological polar surface area (TPSA) is 70.2 Å². The van der Waals surface area contributed by atoms with Gasteiger partial charge < -0.3 is 9.15 Å². The highest BCUT2D eigenvalue weighted by Gasteiger charge is 2.34. The molecule has 1 aliphatic rings. The van der Waals surface area contributed by atoms with Crippen LogP contribution in [0.5, 0.6) is 0 Å². The van der Waals surface area contributed by atoms with Gasteiger partial charge in [-0.15, -0.1) is 10.2 Å². The van der Waals surface area contributed by atoms with Crippen LogP contribution in [0.25, 0.3) is 17.3 Å². The Kier molecular flexibility index (Phi) is 3.86. The van der Waals surface area contributed by atoms with Gasteiger partial charge in [-0.3, -0.25) is 9.36 Å². The normalized spacial score (nSPS) is 20.3. The van der Waals surface area contributed by atoms with Gasteiger partial charge in [0.25, 0.3) is 0 Å². The predicted octanol–water partition coefficient (Wildman–Crippen LogP) is 3.32. The monoisotopic (exact) mass is 341 g/mol. The van der Waals surface area contributed by atoms with E-state index in [9.17, 15) is 4.79 Å². The van der Waals surface area contributed by atoms with Crippen LogP contribution in [0.3, 0.4) is 0 Å². The fourth-order valence-corrected chi connectivity index (χ4v) is 3.82. The van der Waals surface area contributed by atoms with E-state index in [1.54, 1.807) is 6.26 Å². The Hall–Kier alpha value is -2.54. The van der Waals surface area contributed by atoms with Crippen molar-refractivity contribution in [2.45, 2.75) is 29.9 Å². The van der Waals surface area contributed by atoms with Crippen molar-refractivity contribution in [1.29, 1.82) is 0 Å². The summed E-state index contributed by atoms with van der Waals surface area (Å²) < 4.78 is 12.6. The maximum atomic E-state index is 12.0. The predicted molar refractivity (Wildman–Crippen MR) is 88.9 cm³/mol. The zero-order valence-electron chi connectivity index (χ0n) is 13.0. The minimum atomic E-state index is -0.267. The zero-order valence-corrected chi connectivity index (χ0v) is 13.8. The third-order valence-corrected chi connectivity index (χ3v) is 4.91. The average molecular weight is 341 g/mol. The molecule has 6 nitrogen and oxygen atoms in total. The second-order valence-electron chi connectivity index (χ2n) is 5.54. The van der Waals surface area contributed by atoms with Crippen LogP contribution in [0.4, 0.5) is 0 Å². The lowest BCUT2D eigenvalue weighted by Gasteiger charge is -2.10. The zero-order chi connectivity index (χ0) is 16.5. The molecule has 0 aliphatic carbocycles. The van der Waals surface area contributed by atoms with Gasteiger partial charge in [0.1, 0.15) is 11.4 Å². The van der Waals surface area contributed by atoms with Crippen molar-refractivity contribution in [1.82, 2.24) is 14.8 Å². The summed E-state index contributed by atoms with van der Waals surface area (Å²) in [6.07, 6.45) is 2.20. The molecule has 0 amide bonds. The van der Waals surface area contributed by atoms with E-state index in [4.69, 9.17) is 9.15 Å². The standard InChI is InChI=1S/C17H15N3O3S/c1-11-10-14(16(21)23-11)24-17-19-18-15(13-8-5-9-22-13)20(17)12-6-3-2-4-7-12/h2-9,11,14H,10H2,1H3. The number of rotatable bonds is 4. The fourth-order valence-electron chi connectivity index (χ4n) is 2.66. The van der Waals surface area contributed by atoms with Crippen LogP contribution in [-0.2, 0) is 9.53 Å². The number of aromatic nitrogens is 3. The Labute approximate surface area is 142 Å². The number of hydrogen-bond donors (Lipinski definition) is 0. The number of benzene rings is 1. The van der Waals surface area contributed by atoms with Crippen molar-refractivity contribution in [2.24, 2.45) is 0 Å². The summed E-state index contributed by atoms with van der Waals surface area (Å²) in [5, 5.41) is 8.92. The van der Waals surface area contributed by atoms with E-state index < -0.39 is 0 Å². The summed E-state index contributed by atoms with van der Waals surface area (Å²) in [6.45, 7) is 1.90. The number of carbonyl (C=O) groups excluding carboxylic acids is 1. The molecule has 3 heterocycles. The molecule has 3 aromatic rings. The first-order chi connectivity index (χ1) is 11.7. The summed E-state index contributed by atoms with van der Waals surface area (Å²) in [7, 11) is 0. The Morgan fingerprint density at radius 1 is 1.17 bits per heavy atom. The molecular weight excluding hydrogens is 326 g/mol. The van der Waals surface area contributed by atoms with Crippen molar-refractivity contribution in [3.8, 4) is 17.3 Å². The number of thioether (sulfide) groups is 1. The molecule has 0 N–H and O–H groups in total. The minimum Gasteiger partial charge on any atom is -0.462 e. The van der Waals surface area contributed by atoms with E-state index in [1.807, 2.05) is 54.0 Å². The molecule has 1 aromatic carbocycles. The van der Waals surface area contributed by atoms with Gasteiger partial charge in [0.05, 0.1) is 6.26 Å². The van der Waals surface area contributed by atoms with Gasteiger partial charge in [-0.05, 0) is 31.2 Å². The van der Waals surface area contributed by atoms with Gasteiger partial charge in [-0.1, -0.05) is 30.0 Å². The highest BCUT2D eigenvalue weighted by Crippen LogP contribution is 2.34. The van der Waals surface area contributed by atoms with Crippen LogP contribution in [-0.4, -0.2) is 32.1 Å². The summed E-state index contributed by atoms with van der Waals surface area (Å²) >= 11 is 1.38. The molecule has 0 bridgehead atoms. The Morgan fingerprint density at radius 2 is 2.00 bits per heavy atom. The molecule has 4 rings (SSSR count). The lowest BCUT2D eigenvalue weighted by Crippen LogP contribution is -2.11. The molecule has 1 saturated heterocycles. The lowest BCUT2D eigenvalue weighted by molar-refractivity contribution is -0.140. The van der Waals surface area contributed by atoms with E-state index in [0.29, 0.717) is 23.2 Å². The smallest absolute Gasteiger partial charge is 0.319 e. The van der Waals surface area contributed by atoms with Crippen LogP contribution < -0.4 is 0 Å². The second-order valence-corrected chi connectivity index (χ2v) is 6.71. The fraction of sp³-hybridized carbons (Fsp3) is 0.235. The van der Waals surface area contributed by atoms with E-state index >= 15 is 0 Å². The highest BCUT2D eigenvalue weighted by molar-refractivity contribution is 8.00. The lowest BCUT2D eigenvalue weighted by atomic mass is 10.3. The second kappa shape index (κ2) is 6.16. The van der Waals surface area contributed by atoms with Crippen molar-refractivity contribution in [3.05, 3.63) is 48.7 Å². The van der Waals surface area contributed by atoms with Crippen LogP contribution in [0, 0.1) is 0 Å². The highest BCUT2D eigenvalue weighted by atomic mass is 32.2. The molecule has 7 heteroatoms. The quantitative estimate of drug-likeness (QED) is 0.678. The third-order valence-electron chi connectivity index (χ3n) is 3.76. The largest absolute Gasteiger partial charge is 0.462 e. The maximum absolute atomic E-state index is 12.0. The molecule has 122 valence electrons. The summed E-state index contributed by atoms with van der Waals surface area (Å²) in [5.41, 5.74) is 0.913. The van der Waals surface area contributed by atoms with Crippen LogP contribution in [0.2, 0.25) is 0 Å². The first-order valence-corrected chi connectivity index (χ1v) is 8.52. The van der Waals surface area contributed by atoms with E-state index in [-0.39, 0.29) is 17.3 Å². The maximum Gasteiger partial charge on any atom is 0.319 e. The Bertz CT molecular complexity index is 845. The van der Waals surface area contributed by atoms with Gasteiger partial charge in [-0.25, -0.2) is 0 Å². The summed E-state index contributed by atoms with van der Waals surface area (Å²) in [6, 6.07) is 13.4. The molecule has 0 spiro atoms. The number of furan rings is 1. The molecule has 0 radical (unpaired) electrons. The molecule has 1 fully saturated rings. The van der Waals surface area contributed by atoms with E-state index in [1.165, 1.54) is 11.8 Å². The molecule has 24 heavy (non-hydrogen) atoms. The van der Waals surface area contributed by atoms with Crippen molar-refractivity contribution in [3.63, 3.8) is 0 Å². The molecule has 0 saturated carbocycles. The summed E-state index contributed by atoms with van der Waals surface area (Å²) in [4.78, 5) is 12.0. The average Bonchev–Trinajstić information content (AvgIpc) is 3.29. The third kappa shape index (κ3) is 2.71. The van der Waals surface area contributed by atoms with Gasteiger partial charge in [0, 0.05) is 12.1 Å². The first kappa shape index (κ1) is 15.0. The number of cyclic esters (lactones) is 1. The van der Waals surface area contributed by atoms with Gasteiger partial charge in [-0.2, -0.15) is 0 Å². The Morgan fingerprint density at radius 3 is 2.67 bits per heavy atom. The van der Waals surface area contributed by atoms with Crippen molar-refractivity contribution < 1.29 is 13.9 Å². The summed E-state index contributed by atoms with van der Waals surface area (Å²) in [5.74, 6) is 1.03. The van der Waals surface area contributed by atoms with Crippen molar-refractivity contribution in [2.75, 3.05) is 0 Å². The van der Waals surface area contributed by atoms with Crippen molar-refractivity contribution >= 4 is 17.7 Å². The van der Waals surface area contributed by atoms with Gasteiger partial charge in [0.15, 0.2) is 10.9 Å². The molecular formula is C17H15N3O3S. The Balaban J connectivity index is 1.76. The van der Waals surface area contributed by atoms with Crippen LogP contribution in [0.15, 0.2) is 58.3 Å². The number of carbonyl (C=O) groups is 1.